The molecule has 0 saturated carbocycles. The molecule has 0 aliphatic carbocycles. The highest BCUT2D eigenvalue weighted by atomic mass is 16.5. The molecule has 28 heavy (non-hydrogen) atoms. The molecule has 0 unspecified atom stereocenters. The average Bonchev–Trinajstić information content (AvgIpc) is 2.73. The number of nitrogens with one attached hydrogen (secondary N) is 1. The first-order chi connectivity index (χ1) is 13.6. The molecule has 0 bridgehead atoms. The van der Waals surface area contributed by atoms with Gasteiger partial charge in [-0.15, -0.1) is 0 Å². The molecule has 0 spiro atoms. The summed E-state index contributed by atoms with van der Waals surface area (Å²) in [5, 5.41) is 9.56. The molecule has 1 amide bonds. The van der Waals surface area contributed by atoms with Gasteiger partial charge in [0.2, 0.25) is 0 Å². The number of carbonyl (C=O) groups excluding carboxylic acids is 1. The quantitative estimate of drug-likeness (QED) is 0.595. The van der Waals surface area contributed by atoms with Gasteiger partial charge in [0, 0.05) is 19.0 Å². The van der Waals surface area contributed by atoms with E-state index in [0.29, 0.717) is 17.3 Å². The van der Waals surface area contributed by atoms with E-state index in [-0.39, 0.29) is 17.2 Å². The predicted molar refractivity (Wildman–Crippen MR) is 109 cm³/mol. The highest BCUT2D eigenvalue weighted by Gasteiger charge is 2.18. The Morgan fingerprint density at radius 3 is 2.54 bits per heavy atom. The topological polar surface area (TPSA) is 75.3 Å². The van der Waals surface area contributed by atoms with Crippen LogP contribution >= 0.6 is 0 Å². The van der Waals surface area contributed by atoms with Crippen molar-refractivity contribution in [2.24, 2.45) is 0 Å². The number of hydrogen-bond donors (Lipinski definition) is 1. The number of H-pyrrole nitrogens is 1. The van der Waals surface area contributed by atoms with Crippen molar-refractivity contribution in [3.63, 3.8) is 0 Å². The van der Waals surface area contributed by atoms with Crippen LogP contribution in [0.25, 0.3) is 21.5 Å². The molecule has 4 rings (SSSR count). The van der Waals surface area contributed by atoms with Crippen LogP contribution in [-0.4, -0.2) is 35.2 Å². The highest BCUT2D eigenvalue weighted by Crippen LogP contribution is 2.23. The number of ether oxygens (including phenoxy) is 1. The number of aromatic nitrogens is 2. The van der Waals surface area contributed by atoms with Crippen LogP contribution in [-0.2, 0) is 6.54 Å². The van der Waals surface area contributed by atoms with E-state index >= 15 is 0 Å². The van der Waals surface area contributed by atoms with E-state index in [1.165, 1.54) is 0 Å². The van der Waals surface area contributed by atoms with Gasteiger partial charge in [-0.25, -0.2) is 5.10 Å². The molecule has 0 aliphatic heterocycles. The second-order valence-corrected chi connectivity index (χ2v) is 6.66. The average molecular weight is 373 g/mol. The molecular formula is C22H19N3O3. The smallest absolute Gasteiger partial charge is 0.274 e. The van der Waals surface area contributed by atoms with Gasteiger partial charge in [-0.2, -0.15) is 5.10 Å². The molecule has 1 aromatic heterocycles. The first kappa shape index (κ1) is 17.7. The number of hydrogen-bond acceptors (Lipinski definition) is 4. The van der Waals surface area contributed by atoms with Crippen molar-refractivity contribution >= 4 is 27.5 Å². The van der Waals surface area contributed by atoms with E-state index in [2.05, 4.69) is 16.3 Å². The van der Waals surface area contributed by atoms with Crippen molar-refractivity contribution in [1.29, 1.82) is 0 Å². The molecule has 4 aromatic rings. The summed E-state index contributed by atoms with van der Waals surface area (Å²) in [7, 11) is 3.37. The maximum absolute atomic E-state index is 12.9. The van der Waals surface area contributed by atoms with Crippen LogP contribution in [0.1, 0.15) is 16.1 Å². The van der Waals surface area contributed by atoms with E-state index < -0.39 is 0 Å². The zero-order chi connectivity index (χ0) is 19.7. The van der Waals surface area contributed by atoms with Gasteiger partial charge in [0.1, 0.15) is 5.75 Å². The van der Waals surface area contributed by atoms with Crippen molar-refractivity contribution in [3.05, 3.63) is 82.3 Å². The number of methoxy groups -OCH3 is 1. The van der Waals surface area contributed by atoms with Gasteiger partial charge in [-0.05, 0) is 40.6 Å². The molecule has 1 N–H and O–H groups in total. The molecule has 3 aromatic carbocycles. The minimum Gasteiger partial charge on any atom is -0.497 e. The normalized spacial score (nSPS) is 10.9. The number of amides is 1. The lowest BCUT2D eigenvalue weighted by atomic mass is 10.1. The maximum Gasteiger partial charge on any atom is 0.274 e. The van der Waals surface area contributed by atoms with Gasteiger partial charge in [0.15, 0.2) is 5.69 Å². The zero-order valence-electron chi connectivity index (χ0n) is 15.6. The van der Waals surface area contributed by atoms with Gasteiger partial charge >= 0.3 is 0 Å². The van der Waals surface area contributed by atoms with Crippen molar-refractivity contribution < 1.29 is 9.53 Å². The van der Waals surface area contributed by atoms with Crippen molar-refractivity contribution in [2.45, 2.75) is 6.54 Å². The monoisotopic (exact) mass is 373 g/mol. The lowest BCUT2D eigenvalue weighted by Crippen LogP contribution is -2.28. The summed E-state index contributed by atoms with van der Waals surface area (Å²) in [6, 6.07) is 18.9. The van der Waals surface area contributed by atoms with E-state index in [9.17, 15) is 9.59 Å². The number of aromatic amines is 1. The largest absolute Gasteiger partial charge is 0.497 e. The third-order valence-corrected chi connectivity index (χ3v) is 4.78. The molecule has 6 nitrogen and oxygen atoms in total. The van der Waals surface area contributed by atoms with Crippen LogP contribution in [0.4, 0.5) is 0 Å². The Hall–Kier alpha value is -3.67. The highest BCUT2D eigenvalue weighted by molar-refractivity contribution is 6.04. The molecule has 140 valence electrons. The third kappa shape index (κ3) is 3.20. The van der Waals surface area contributed by atoms with Gasteiger partial charge < -0.3 is 9.64 Å². The number of carbonyl (C=O) groups is 1. The Labute approximate surface area is 161 Å². The molecule has 0 radical (unpaired) electrons. The minimum absolute atomic E-state index is 0.239. The number of rotatable bonds is 4. The Bertz CT molecular complexity index is 1250. The van der Waals surface area contributed by atoms with Gasteiger partial charge in [-0.1, -0.05) is 36.4 Å². The van der Waals surface area contributed by atoms with Gasteiger partial charge in [0.05, 0.1) is 12.5 Å². The number of benzene rings is 3. The summed E-state index contributed by atoms with van der Waals surface area (Å²) >= 11 is 0. The fourth-order valence-corrected chi connectivity index (χ4v) is 3.30. The standard InChI is InChI=1S/C22H19N3O3/c1-25(13-14-7-8-16-12-17(28-2)10-9-15(16)11-14)22(27)20-18-5-3-4-6-19(18)21(26)24-23-20/h3-12H,13H2,1-2H3,(H,24,26). The van der Waals surface area contributed by atoms with Crippen LogP contribution in [0.5, 0.6) is 5.75 Å². The Kier molecular flexibility index (Phi) is 4.53. The molecule has 6 heteroatoms. The van der Waals surface area contributed by atoms with Crippen LogP contribution < -0.4 is 10.3 Å². The SMILES string of the molecule is COc1ccc2cc(CN(C)C(=O)c3n[nH]c(=O)c4ccccc34)ccc2c1. The minimum atomic E-state index is -0.306. The van der Waals surface area contributed by atoms with Crippen molar-refractivity contribution in [2.75, 3.05) is 14.2 Å². The summed E-state index contributed by atoms with van der Waals surface area (Å²) in [6.07, 6.45) is 0. The summed E-state index contributed by atoms with van der Waals surface area (Å²) in [5.41, 5.74) is 0.935. The molecule has 0 atom stereocenters. The Balaban J connectivity index is 1.62. The summed E-state index contributed by atoms with van der Waals surface area (Å²) in [5.74, 6) is 0.561. The van der Waals surface area contributed by atoms with E-state index in [1.54, 1.807) is 43.3 Å². The van der Waals surface area contributed by atoms with Crippen LogP contribution in [0.2, 0.25) is 0 Å². The molecule has 1 heterocycles. The molecule has 0 aliphatic rings. The first-order valence-corrected chi connectivity index (χ1v) is 8.86. The fourth-order valence-electron chi connectivity index (χ4n) is 3.30. The van der Waals surface area contributed by atoms with E-state index in [4.69, 9.17) is 4.74 Å². The van der Waals surface area contributed by atoms with Crippen LogP contribution in [0.3, 0.4) is 0 Å². The Morgan fingerprint density at radius 1 is 1.04 bits per heavy atom. The summed E-state index contributed by atoms with van der Waals surface area (Å²) < 4.78 is 5.26. The van der Waals surface area contributed by atoms with Crippen molar-refractivity contribution in [1.82, 2.24) is 15.1 Å². The predicted octanol–water partition coefficient (Wildman–Crippen LogP) is 3.36. The molecular weight excluding hydrogens is 354 g/mol. The van der Waals surface area contributed by atoms with Crippen LogP contribution in [0, 0.1) is 0 Å². The fraction of sp³-hybridized carbons (Fsp3) is 0.136. The number of fused-ring (bicyclic) bond motifs is 2. The Morgan fingerprint density at radius 2 is 1.75 bits per heavy atom. The summed E-state index contributed by atoms with van der Waals surface area (Å²) in [6.45, 7) is 0.427. The van der Waals surface area contributed by atoms with Crippen LogP contribution in [0.15, 0.2) is 65.5 Å². The van der Waals surface area contributed by atoms with Gasteiger partial charge in [0.25, 0.3) is 11.5 Å². The van der Waals surface area contributed by atoms with Gasteiger partial charge in [-0.3, -0.25) is 9.59 Å². The van der Waals surface area contributed by atoms with E-state index in [0.717, 1.165) is 22.1 Å². The molecule has 0 saturated heterocycles. The second-order valence-electron chi connectivity index (χ2n) is 6.66. The summed E-state index contributed by atoms with van der Waals surface area (Å²) in [4.78, 5) is 26.5. The zero-order valence-corrected chi connectivity index (χ0v) is 15.6. The second kappa shape index (κ2) is 7.15. The molecule has 0 fully saturated rings. The lowest BCUT2D eigenvalue weighted by molar-refractivity contribution is 0.0780. The van der Waals surface area contributed by atoms with Crippen molar-refractivity contribution in [3.8, 4) is 5.75 Å². The van der Waals surface area contributed by atoms with E-state index in [1.807, 2.05) is 30.3 Å². The lowest BCUT2D eigenvalue weighted by Gasteiger charge is -2.18. The maximum atomic E-state index is 12.9. The first-order valence-electron chi connectivity index (χ1n) is 8.86. The number of nitrogens with zero attached hydrogens (tertiary/aromatic N) is 2. The third-order valence-electron chi connectivity index (χ3n) is 4.78.